The molecule has 0 saturated heterocycles. The number of carbonyl (C=O) groups excluding carboxylic acids is 2. The second-order valence-corrected chi connectivity index (χ2v) is 7.95. The van der Waals surface area contributed by atoms with E-state index in [1.54, 1.807) is 0 Å². The van der Waals surface area contributed by atoms with Crippen molar-refractivity contribution in [1.29, 1.82) is 0 Å². The molecule has 0 aliphatic heterocycles. The summed E-state index contributed by atoms with van der Waals surface area (Å²) < 4.78 is 0. The van der Waals surface area contributed by atoms with Gasteiger partial charge in [-0.3, -0.25) is 9.59 Å². The fourth-order valence-electron chi connectivity index (χ4n) is 3.68. The van der Waals surface area contributed by atoms with Gasteiger partial charge in [0.05, 0.1) is 11.8 Å². The van der Waals surface area contributed by atoms with Crippen molar-refractivity contribution in [3.63, 3.8) is 0 Å². The Balaban J connectivity index is 1.66. The summed E-state index contributed by atoms with van der Waals surface area (Å²) in [5.74, 6) is -0.390. The average Bonchev–Trinajstić information content (AvgIpc) is 3.48. The van der Waals surface area contributed by atoms with Crippen molar-refractivity contribution in [1.82, 2.24) is 4.90 Å². The van der Waals surface area contributed by atoms with Crippen LogP contribution >= 0.6 is 0 Å². The third kappa shape index (κ3) is 4.44. The van der Waals surface area contributed by atoms with E-state index in [-0.39, 0.29) is 29.7 Å². The SMILES string of the molecule is CCc1cccc(C)c1NC(=O)C1CC1C(=O)N(Cc1ccccc1)C(C)C. The number of anilines is 1. The van der Waals surface area contributed by atoms with Gasteiger partial charge >= 0.3 is 0 Å². The van der Waals surface area contributed by atoms with Crippen LogP contribution in [0.25, 0.3) is 0 Å². The molecular formula is C24H30N2O2. The van der Waals surface area contributed by atoms with Crippen molar-refractivity contribution in [2.24, 2.45) is 11.8 Å². The summed E-state index contributed by atoms with van der Waals surface area (Å²) >= 11 is 0. The largest absolute Gasteiger partial charge is 0.336 e. The molecule has 2 aromatic rings. The molecule has 2 aromatic carbocycles. The van der Waals surface area contributed by atoms with Crippen LogP contribution in [-0.2, 0) is 22.6 Å². The van der Waals surface area contributed by atoms with Crippen LogP contribution in [0.4, 0.5) is 5.69 Å². The Morgan fingerprint density at radius 2 is 1.79 bits per heavy atom. The first kappa shape index (κ1) is 20.1. The number of hydrogen-bond acceptors (Lipinski definition) is 2. The maximum atomic E-state index is 13.1. The molecule has 0 radical (unpaired) electrons. The smallest absolute Gasteiger partial charge is 0.228 e. The van der Waals surface area contributed by atoms with Crippen LogP contribution in [-0.4, -0.2) is 22.8 Å². The van der Waals surface area contributed by atoms with Gasteiger partial charge < -0.3 is 10.2 Å². The zero-order valence-corrected chi connectivity index (χ0v) is 17.2. The highest BCUT2D eigenvalue weighted by atomic mass is 16.2. The Morgan fingerprint density at radius 3 is 2.43 bits per heavy atom. The van der Waals surface area contributed by atoms with E-state index in [4.69, 9.17) is 0 Å². The molecule has 28 heavy (non-hydrogen) atoms. The number of benzene rings is 2. The Morgan fingerprint density at radius 1 is 1.07 bits per heavy atom. The monoisotopic (exact) mass is 378 g/mol. The van der Waals surface area contributed by atoms with E-state index < -0.39 is 0 Å². The maximum Gasteiger partial charge on any atom is 0.228 e. The van der Waals surface area contributed by atoms with E-state index in [2.05, 4.69) is 12.2 Å². The molecule has 1 aliphatic carbocycles. The highest BCUT2D eigenvalue weighted by Crippen LogP contribution is 2.42. The third-order valence-electron chi connectivity index (χ3n) is 5.53. The Bertz CT molecular complexity index is 845. The summed E-state index contributed by atoms with van der Waals surface area (Å²) in [7, 11) is 0. The maximum absolute atomic E-state index is 13.1. The molecule has 1 fully saturated rings. The van der Waals surface area contributed by atoms with Gasteiger partial charge in [0, 0.05) is 18.3 Å². The van der Waals surface area contributed by atoms with E-state index in [1.165, 1.54) is 0 Å². The summed E-state index contributed by atoms with van der Waals surface area (Å²) in [6, 6.07) is 16.2. The van der Waals surface area contributed by atoms with Crippen LogP contribution in [0.5, 0.6) is 0 Å². The molecule has 0 bridgehead atoms. The molecule has 1 N–H and O–H groups in total. The Kier molecular flexibility index (Phi) is 6.18. The lowest BCUT2D eigenvalue weighted by molar-refractivity contribution is -0.136. The quantitative estimate of drug-likeness (QED) is 0.767. The summed E-state index contributed by atoms with van der Waals surface area (Å²) in [5, 5.41) is 3.08. The van der Waals surface area contributed by atoms with Crippen LogP contribution in [0.15, 0.2) is 48.5 Å². The predicted octanol–water partition coefficient (Wildman–Crippen LogP) is 4.57. The lowest BCUT2D eigenvalue weighted by atomic mass is 10.1. The first-order chi connectivity index (χ1) is 13.4. The fraction of sp³-hybridized carbons (Fsp3) is 0.417. The number of para-hydroxylation sites is 1. The van der Waals surface area contributed by atoms with Gasteiger partial charge in [-0.15, -0.1) is 0 Å². The molecule has 0 spiro atoms. The van der Waals surface area contributed by atoms with Gasteiger partial charge in [-0.25, -0.2) is 0 Å². The first-order valence-electron chi connectivity index (χ1n) is 10.2. The predicted molar refractivity (Wildman–Crippen MR) is 113 cm³/mol. The molecule has 2 atom stereocenters. The number of hydrogen-bond donors (Lipinski definition) is 1. The molecule has 1 saturated carbocycles. The van der Waals surface area contributed by atoms with Crippen LogP contribution in [0.3, 0.4) is 0 Å². The van der Waals surface area contributed by atoms with Gasteiger partial charge in [0.25, 0.3) is 0 Å². The van der Waals surface area contributed by atoms with Crippen LogP contribution in [0.2, 0.25) is 0 Å². The zero-order valence-electron chi connectivity index (χ0n) is 17.2. The molecule has 3 rings (SSSR count). The van der Waals surface area contributed by atoms with E-state index in [9.17, 15) is 9.59 Å². The molecule has 2 unspecified atom stereocenters. The number of amides is 2. The lowest BCUT2D eigenvalue weighted by Crippen LogP contribution is -2.38. The van der Waals surface area contributed by atoms with Crippen molar-refractivity contribution < 1.29 is 9.59 Å². The number of aryl methyl sites for hydroxylation is 2. The third-order valence-corrected chi connectivity index (χ3v) is 5.53. The molecule has 2 amide bonds. The molecule has 148 valence electrons. The van der Waals surface area contributed by atoms with Crippen molar-refractivity contribution >= 4 is 17.5 Å². The normalized spacial score (nSPS) is 18.0. The van der Waals surface area contributed by atoms with E-state index >= 15 is 0 Å². The fourth-order valence-corrected chi connectivity index (χ4v) is 3.68. The minimum atomic E-state index is -0.228. The molecule has 4 heteroatoms. The zero-order chi connectivity index (χ0) is 20.3. The standard InChI is InChI=1S/C24H30N2O2/c1-5-19-13-9-10-17(4)22(19)25-23(27)20-14-21(20)24(28)26(16(2)3)15-18-11-7-6-8-12-18/h6-13,16,20-21H,5,14-15H2,1-4H3,(H,25,27). The molecular weight excluding hydrogens is 348 g/mol. The highest BCUT2D eigenvalue weighted by molar-refractivity contribution is 6.00. The van der Waals surface area contributed by atoms with E-state index in [0.29, 0.717) is 13.0 Å². The van der Waals surface area contributed by atoms with Crippen LogP contribution in [0.1, 0.15) is 43.9 Å². The van der Waals surface area contributed by atoms with Gasteiger partial charge in [-0.05, 0) is 50.3 Å². The second-order valence-electron chi connectivity index (χ2n) is 7.95. The van der Waals surface area contributed by atoms with Crippen molar-refractivity contribution in [2.75, 3.05) is 5.32 Å². The highest BCUT2D eigenvalue weighted by Gasteiger charge is 2.50. The van der Waals surface area contributed by atoms with Crippen LogP contribution in [0, 0.1) is 18.8 Å². The van der Waals surface area contributed by atoms with Gasteiger partial charge in [0.2, 0.25) is 11.8 Å². The van der Waals surface area contributed by atoms with Crippen LogP contribution < -0.4 is 5.32 Å². The topological polar surface area (TPSA) is 49.4 Å². The lowest BCUT2D eigenvalue weighted by Gasteiger charge is -2.27. The van der Waals surface area contributed by atoms with Gasteiger partial charge in [0.15, 0.2) is 0 Å². The molecule has 4 nitrogen and oxygen atoms in total. The number of nitrogens with one attached hydrogen (secondary N) is 1. The summed E-state index contributed by atoms with van der Waals surface area (Å²) in [6.45, 7) is 8.72. The Hall–Kier alpha value is -2.62. The van der Waals surface area contributed by atoms with E-state index in [0.717, 1.165) is 28.8 Å². The van der Waals surface area contributed by atoms with Crippen molar-refractivity contribution in [2.45, 2.75) is 53.1 Å². The molecule has 0 heterocycles. The first-order valence-corrected chi connectivity index (χ1v) is 10.2. The average molecular weight is 379 g/mol. The summed E-state index contributed by atoms with van der Waals surface area (Å²) in [6.07, 6.45) is 1.50. The number of rotatable bonds is 7. The van der Waals surface area contributed by atoms with Gasteiger partial charge in [0.1, 0.15) is 0 Å². The second kappa shape index (κ2) is 8.59. The van der Waals surface area contributed by atoms with Gasteiger partial charge in [-0.2, -0.15) is 0 Å². The number of nitrogens with zero attached hydrogens (tertiary/aromatic N) is 1. The van der Waals surface area contributed by atoms with E-state index in [1.807, 2.05) is 74.2 Å². The Labute approximate surface area is 167 Å². The molecule has 1 aliphatic rings. The minimum absolute atomic E-state index is 0.0363. The summed E-state index contributed by atoms with van der Waals surface area (Å²) in [4.78, 5) is 27.7. The molecule has 0 aromatic heterocycles. The minimum Gasteiger partial charge on any atom is -0.336 e. The summed E-state index contributed by atoms with van der Waals surface area (Å²) in [5.41, 5.74) is 4.20. The van der Waals surface area contributed by atoms with Crippen molar-refractivity contribution in [3.8, 4) is 0 Å². The number of carbonyl (C=O) groups is 2. The van der Waals surface area contributed by atoms with Gasteiger partial charge in [-0.1, -0.05) is 55.5 Å². The van der Waals surface area contributed by atoms with Crippen molar-refractivity contribution in [3.05, 3.63) is 65.2 Å².